The lowest BCUT2D eigenvalue weighted by atomic mass is 10.1. The number of rotatable bonds is 2. The molecule has 1 aromatic carbocycles. The predicted octanol–water partition coefficient (Wildman–Crippen LogP) is 3.69. The van der Waals surface area contributed by atoms with Crippen LogP contribution in [0.4, 0.5) is 0 Å². The summed E-state index contributed by atoms with van der Waals surface area (Å²) >= 11 is 0. The Morgan fingerprint density at radius 2 is 2.00 bits per heavy atom. The van der Waals surface area contributed by atoms with Gasteiger partial charge in [-0.15, -0.1) is 0 Å². The van der Waals surface area contributed by atoms with E-state index in [0.29, 0.717) is 0 Å². The van der Waals surface area contributed by atoms with Gasteiger partial charge in [-0.1, -0.05) is 12.1 Å². The number of fused-ring (bicyclic) bond motifs is 1. The minimum Gasteiger partial charge on any atom is -0.507 e. The van der Waals surface area contributed by atoms with E-state index < -0.39 is 0 Å². The average Bonchev–Trinajstić information content (AvgIpc) is 2.81. The number of phenols is 1. The molecule has 2 aromatic heterocycles. The van der Waals surface area contributed by atoms with Gasteiger partial charge in [-0.25, -0.2) is 4.98 Å². The van der Waals surface area contributed by atoms with Crippen molar-refractivity contribution in [2.45, 2.75) is 26.8 Å². The van der Waals surface area contributed by atoms with Crippen LogP contribution < -0.4 is 0 Å². The van der Waals surface area contributed by atoms with Gasteiger partial charge in [-0.2, -0.15) is 0 Å². The zero-order chi connectivity index (χ0) is 14.3. The topological polar surface area (TPSA) is 50.9 Å². The SMILES string of the molecule is Cc1cccc(-c2nc3cnccc3n2C(C)C)c1O. The number of benzene rings is 1. The molecule has 0 saturated heterocycles. The van der Waals surface area contributed by atoms with Crippen LogP contribution in [0.15, 0.2) is 36.7 Å². The zero-order valence-electron chi connectivity index (χ0n) is 11.8. The number of para-hydroxylation sites is 1. The Hall–Kier alpha value is -2.36. The third kappa shape index (κ3) is 1.84. The van der Waals surface area contributed by atoms with Crippen LogP contribution in [-0.2, 0) is 0 Å². The fraction of sp³-hybridized carbons (Fsp3) is 0.250. The smallest absolute Gasteiger partial charge is 0.145 e. The molecule has 0 aliphatic carbocycles. The Bertz CT molecular complexity index is 774. The third-order valence-electron chi connectivity index (χ3n) is 3.49. The van der Waals surface area contributed by atoms with Crippen molar-refractivity contribution < 1.29 is 5.11 Å². The van der Waals surface area contributed by atoms with E-state index in [2.05, 4.69) is 28.4 Å². The lowest BCUT2D eigenvalue weighted by molar-refractivity contribution is 0.472. The summed E-state index contributed by atoms with van der Waals surface area (Å²) in [7, 11) is 0. The summed E-state index contributed by atoms with van der Waals surface area (Å²) in [6.07, 6.45) is 3.52. The highest BCUT2D eigenvalue weighted by molar-refractivity contribution is 5.81. The molecule has 0 spiro atoms. The quantitative estimate of drug-likeness (QED) is 0.770. The molecule has 0 aliphatic rings. The number of nitrogens with zero attached hydrogens (tertiary/aromatic N) is 3. The first-order valence-electron chi connectivity index (χ1n) is 6.70. The number of phenolic OH excluding ortho intramolecular Hbond substituents is 1. The van der Waals surface area contributed by atoms with Crippen molar-refractivity contribution in [3.05, 3.63) is 42.2 Å². The molecule has 3 aromatic rings. The lowest BCUT2D eigenvalue weighted by Crippen LogP contribution is -2.03. The second-order valence-electron chi connectivity index (χ2n) is 5.23. The van der Waals surface area contributed by atoms with E-state index in [0.717, 1.165) is 28.0 Å². The molecule has 3 rings (SSSR count). The Balaban J connectivity index is 2.36. The summed E-state index contributed by atoms with van der Waals surface area (Å²) in [5.41, 5.74) is 3.49. The van der Waals surface area contributed by atoms with Crippen LogP contribution in [0.3, 0.4) is 0 Å². The summed E-state index contributed by atoms with van der Waals surface area (Å²) in [5.74, 6) is 1.07. The number of imidazole rings is 1. The molecule has 0 amide bonds. The summed E-state index contributed by atoms with van der Waals surface area (Å²) in [5, 5.41) is 10.3. The summed E-state index contributed by atoms with van der Waals surface area (Å²) in [6, 6.07) is 7.93. The molecule has 0 unspecified atom stereocenters. The normalized spacial score (nSPS) is 11.4. The van der Waals surface area contributed by atoms with Gasteiger partial charge in [0, 0.05) is 12.2 Å². The van der Waals surface area contributed by atoms with E-state index in [-0.39, 0.29) is 11.8 Å². The number of pyridine rings is 1. The second-order valence-corrected chi connectivity index (χ2v) is 5.23. The van der Waals surface area contributed by atoms with Crippen molar-refractivity contribution in [2.75, 3.05) is 0 Å². The molecular weight excluding hydrogens is 250 g/mol. The molecule has 0 radical (unpaired) electrons. The Morgan fingerprint density at radius 3 is 2.75 bits per heavy atom. The average molecular weight is 267 g/mol. The van der Waals surface area contributed by atoms with Crippen LogP contribution in [0.5, 0.6) is 5.75 Å². The van der Waals surface area contributed by atoms with Crippen LogP contribution in [0.2, 0.25) is 0 Å². The Morgan fingerprint density at radius 1 is 1.20 bits per heavy atom. The van der Waals surface area contributed by atoms with Gasteiger partial charge >= 0.3 is 0 Å². The number of aromatic hydroxyl groups is 1. The maximum absolute atomic E-state index is 10.3. The lowest BCUT2D eigenvalue weighted by Gasteiger charge is -2.14. The second kappa shape index (κ2) is 4.63. The number of aromatic nitrogens is 3. The summed E-state index contributed by atoms with van der Waals surface area (Å²) in [6.45, 7) is 6.11. The van der Waals surface area contributed by atoms with Crippen LogP contribution >= 0.6 is 0 Å². The van der Waals surface area contributed by atoms with Crippen LogP contribution in [0.1, 0.15) is 25.5 Å². The van der Waals surface area contributed by atoms with E-state index in [9.17, 15) is 5.11 Å². The first-order valence-corrected chi connectivity index (χ1v) is 6.70. The molecule has 4 heteroatoms. The third-order valence-corrected chi connectivity index (χ3v) is 3.49. The number of hydrogen-bond acceptors (Lipinski definition) is 3. The molecule has 4 nitrogen and oxygen atoms in total. The summed E-state index contributed by atoms with van der Waals surface area (Å²) < 4.78 is 2.13. The van der Waals surface area contributed by atoms with Crippen LogP contribution in [0, 0.1) is 6.92 Å². The van der Waals surface area contributed by atoms with E-state index >= 15 is 0 Å². The number of aryl methyl sites for hydroxylation is 1. The predicted molar refractivity (Wildman–Crippen MR) is 79.8 cm³/mol. The summed E-state index contributed by atoms with van der Waals surface area (Å²) in [4.78, 5) is 8.77. The maximum Gasteiger partial charge on any atom is 0.145 e. The van der Waals surface area contributed by atoms with Gasteiger partial charge in [-0.3, -0.25) is 4.98 Å². The minimum absolute atomic E-state index is 0.248. The van der Waals surface area contributed by atoms with Gasteiger partial charge in [-0.05, 0) is 38.5 Å². The first-order chi connectivity index (χ1) is 9.59. The molecule has 0 aliphatic heterocycles. The van der Waals surface area contributed by atoms with Crippen molar-refractivity contribution in [1.82, 2.24) is 14.5 Å². The standard InChI is InChI=1S/C16H17N3O/c1-10(2)19-14-7-8-17-9-13(14)18-16(19)12-6-4-5-11(3)15(12)20/h4-10,20H,1-3H3. The molecular formula is C16H17N3O. The fourth-order valence-electron chi connectivity index (χ4n) is 2.50. The molecule has 20 heavy (non-hydrogen) atoms. The highest BCUT2D eigenvalue weighted by Crippen LogP contribution is 2.34. The maximum atomic E-state index is 10.3. The van der Waals surface area contributed by atoms with Crippen molar-refractivity contribution in [2.24, 2.45) is 0 Å². The van der Waals surface area contributed by atoms with Gasteiger partial charge in [0.25, 0.3) is 0 Å². The largest absolute Gasteiger partial charge is 0.507 e. The Labute approximate surface area is 117 Å². The van der Waals surface area contributed by atoms with Crippen molar-refractivity contribution in [3.63, 3.8) is 0 Å². The fourth-order valence-corrected chi connectivity index (χ4v) is 2.50. The number of hydrogen-bond donors (Lipinski definition) is 1. The van der Waals surface area contributed by atoms with Crippen molar-refractivity contribution in [3.8, 4) is 17.1 Å². The van der Waals surface area contributed by atoms with Gasteiger partial charge < -0.3 is 9.67 Å². The molecule has 0 bridgehead atoms. The monoisotopic (exact) mass is 267 g/mol. The van der Waals surface area contributed by atoms with Gasteiger partial charge in [0.05, 0.1) is 17.3 Å². The van der Waals surface area contributed by atoms with Crippen LogP contribution in [-0.4, -0.2) is 19.6 Å². The van der Waals surface area contributed by atoms with Gasteiger partial charge in [0.1, 0.15) is 17.1 Å². The molecule has 0 fully saturated rings. The Kier molecular flexibility index (Phi) is 2.93. The molecule has 2 heterocycles. The van der Waals surface area contributed by atoms with E-state index in [1.165, 1.54) is 0 Å². The van der Waals surface area contributed by atoms with E-state index in [1.807, 2.05) is 31.2 Å². The van der Waals surface area contributed by atoms with Crippen molar-refractivity contribution >= 4 is 11.0 Å². The molecule has 1 N–H and O–H groups in total. The first kappa shape index (κ1) is 12.7. The van der Waals surface area contributed by atoms with E-state index in [4.69, 9.17) is 0 Å². The highest BCUT2D eigenvalue weighted by atomic mass is 16.3. The molecule has 0 atom stereocenters. The van der Waals surface area contributed by atoms with Gasteiger partial charge in [0.2, 0.25) is 0 Å². The minimum atomic E-state index is 0.248. The molecule has 102 valence electrons. The van der Waals surface area contributed by atoms with E-state index in [1.54, 1.807) is 12.4 Å². The van der Waals surface area contributed by atoms with Crippen LogP contribution in [0.25, 0.3) is 22.4 Å². The highest BCUT2D eigenvalue weighted by Gasteiger charge is 2.17. The zero-order valence-corrected chi connectivity index (χ0v) is 11.8. The van der Waals surface area contributed by atoms with Crippen molar-refractivity contribution in [1.29, 1.82) is 0 Å². The van der Waals surface area contributed by atoms with Gasteiger partial charge in [0.15, 0.2) is 0 Å². The molecule has 0 saturated carbocycles.